The highest BCUT2D eigenvalue weighted by Gasteiger charge is 2.20. The predicted octanol–water partition coefficient (Wildman–Crippen LogP) is 3.77. The number of nitrogens with zero attached hydrogens (tertiary/aromatic N) is 2. The molecule has 3 heterocycles. The van der Waals surface area contributed by atoms with Gasteiger partial charge in [-0.3, -0.25) is 4.79 Å². The fourth-order valence-corrected chi connectivity index (χ4v) is 4.09. The van der Waals surface area contributed by atoms with E-state index in [0.717, 1.165) is 26.8 Å². The molecule has 3 aromatic heterocycles. The maximum atomic E-state index is 12.9. The summed E-state index contributed by atoms with van der Waals surface area (Å²) < 4.78 is 9.50. The molecule has 1 aromatic carbocycles. The van der Waals surface area contributed by atoms with E-state index in [-0.39, 0.29) is 5.91 Å². The Kier molecular flexibility index (Phi) is 4.53. The zero-order valence-electron chi connectivity index (χ0n) is 14.9. The maximum absolute atomic E-state index is 12.9. The molecule has 1 amide bonds. The topological polar surface area (TPSA) is 48.2 Å². The number of ether oxygens (including phenoxy) is 1. The van der Waals surface area contributed by atoms with Crippen molar-refractivity contribution in [2.75, 3.05) is 13.7 Å². The van der Waals surface area contributed by atoms with Crippen LogP contribution in [0.15, 0.2) is 47.8 Å². The Labute approximate surface area is 155 Å². The van der Waals surface area contributed by atoms with Crippen LogP contribution in [0.25, 0.3) is 21.9 Å². The second kappa shape index (κ2) is 6.97. The molecule has 0 atom stereocenters. The highest BCUT2D eigenvalue weighted by molar-refractivity contribution is 7.09. The van der Waals surface area contributed by atoms with E-state index in [0.29, 0.717) is 25.4 Å². The molecule has 4 aromatic rings. The smallest absolute Gasteiger partial charge is 0.268 e. The number of aryl methyl sites for hydroxylation is 1. The van der Waals surface area contributed by atoms with Gasteiger partial charge in [-0.25, -0.2) is 0 Å². The number of fused-ring (bicyclic) bond motifs is 3. The van der Waals surface area contributed by atoms with E-state index in [9.17, 15) is 4.79 Å². The number of amides is 1. The first-order chi connectivity index (χ1) is 12.7. The first-order valence-electron chi connectivity index (χ1n) is 8.57. The van der Waals surface area contributed by atoms with Crippen LogP contribution in [0.2, 0.25) is 0 Å². The number of hydrogen-bond donors (Lipinski definition) is 1. The fourth-order valence-electron chi connectivity index (χ4n) is 3.44. The lowest BCUT2D eigenvalue weighted by Gasteiger charge is -2.10. The third kappa shape index (κ3) is 2.81. The van der Waals surface area contributed by atoms with Crippen molar-refractivity contribution in [3.63, 3.8) is 0 Å². The summed E-state index contributed by atoms with van der Waals surface area (Å²) in [5, 5.41) is 6.21. The summed E-state index contributed by atoms with van der Waals surface area (Å²) in [7, 11) is 3.72. The first kappa shape index (κ1) is 16.9. The molecule has 5 nitrogen and oxygen atoms in total. The van der Waals surface area contributed by atoms with Crippen molar-refractivity contribution < 1.29 is 9.53 Å². The van der Waals surface area contributed by atoms with E-state index in [1.165, 1.54) is 0 Å². The number of rotatable bonds is 6. The molecule has 4 rings (SSSR count). The SMILES string of the molecule is COCCn1c(C(=O)NCc2cccs2)cc2c1c1ccccc1n2C. The molecule has 0 saturated carbocycles. The molecule has 0 fully saturated rings. The molecule has 0 aliphatic carbocycles. The molecule has 0 aliphatic heterocycles. The Morgan fingerprint density at radius 1 is 1.19 bits per heavy atom. The molecule has 6 heteroatoms. The number of thiophene rings is 1. The van der Waals surface area contributed by atoms with Crippen molar-refractivity contribution in [2.24, 2.45) is 7.05 Å². The van der Waals surface area contributed by atoms with Crippen molar-refractivity contribution in [3.8, 4) is 0 Å². The number of methoxy groups -OCH3 is 1. The highest BCUT2D eigenvalue weighted by Crippen LogP contribution is 2.31. The Morgan fingerprint density at radius 2 is 2.04 bits per heavy atom. The Balaban J connectivity index is 1.78. The summed E-state index contributed by atoms with van der Waals surface area (Å²) in [4.78, 5) is 14.0. The number of aromatic nitrogens is 2. The summed E-state index contributed by atoms with van der Waals surface area (Å²) in [5.41, 5.74) is 3.98. The van der Waals surface area contributed by atoms with Crippen LogP contribution in [0.4, 0.5) is 0 Å². The van der Waals surface area contributed by atoms with E-state index in [1.54, 1.807) is 18.4 Å². The minimum Gasteiger partial charge on any atom is -0.383 e. The molecule has 0 bridgehead atoms. The van der Waals surface area contributed by atoms with E-state index < -0.39 is 0 Å². The number of benzene rings is 1. The van der Waals surface area contributed by atoms with Gasteiger partial charge in [0.1, 0.15) is 5.69 Å². The summed E-state index contributed by atoms with van der Waals surface area (Å²) in [6.07, 6.45) is 0. The maximum Gasteiger partial charge on any atom is 0.268 e. The van der Waals surface area contributed by atoms with Crippen molar-refractivity contribution in [2.45, 2.75) is 13.1 Å². The van der Waals surface area contributed by atoms with Gasteiger partial charge in [0, 0.05) is 31.0 Å². The molecular weight excluding hydrogens is 346 g/mol. The number of nitrogens with one attached hydrogen (secondary N) is 1. The van der Waals surface area contributed by atoms with Crippen molar-refractivity contribution in [1.29, 1.82) is 0 Å². The Bertz CT molecular complexity index is 1060. The Hall–Kier alpha value is -2.57. The van der Waals surface area contributed by atoms with Gasteiger partial charge in [-0.1, -0.05) is 24.3 Å². The van der Waals surface area contributed by atoms with E-state index >= 15 is 0 Å². The van der Waals surface area contributed by atoms with Gasteiger partial charge in [-0.05, 0) is 23.6 Å². The van der Waals surface area contributed by atoms with Crippen LogP contribution in [0.5, 0.6) is 0 Å². The van der Waals surface area contributed by atoms with Crippen molar-refractivity contribution in [1.82, 2.24) is 14.5 Å². The number of carbonyl (C=O) groups is 1. The molecule has 1 N–H and O–H groups in total. The fraction of sp³-hybridized carbons (Fsp3) is 0.250. The van der Waals surface area contributed by atoms with Gasteiger partial charge in [-0.2, -0.15) is 0 Å². The summed E-state index contributed by atoms with van der Waals surface area (Å²) in [5.74, 6) is -0.0604. The highest BCUT2D eigenvalue weighted by atomic mass is 32.1. The van der Waals surface area contributed by atoms with Crippen LogP contribution < -0.4 is 5.32 Å². The summed E-state index contributed by atoms with van der Waals surface area (Å²) >= 11 is 1.64. The first-order valence-corrected chi connectivity index (χ1v) is 9.45. The summed E-state index contributed by atoms with van der Waals surface area (Å²) in [6.45, 7) is 1.73. The van der Waals surface area contributed by atoms with Crippen molar-refractivity contribution >= 4 is 39.2 Å². The largest absolute Gasteiger partial charge is 0.383 e. The zero-order chi connectivity index (χ0) is 18.1. The van der Waals surface area contributed by atoms with Gasteiger partial charge in [0.2, 0.25) is 0 Å². The molecule has 0 aliphatic rings. The minimum atomic E-state index is -0.0604. The standard InChI is InChI=1S/C20H21N3O2S/c1-22-16-8-4-3-7-15(16)19-17(22)12-18(23(19)9-10-25-2)20(24)21-13-14-6-5-11-26-14/h3-8,11-12H,9-10,13H2,1-2H3,(H,21,24). The normalized spacial score (nSPS) is 11.5. The zero-order valence-corrected chi connectivity index (χ0v) is 15.7. The van der Waals surface area contributed by atoms with E-state index in [1.807, 2.05) is 42.8 Å². The van der Waals surface area contributed by atoms with Gasteiger partial charge in [0.05, 0.1) is 29.7 Å². The molecule has 0 spiro atoms. The van der Waals surface area contributed by atoms with Crippen LogP contribution in [-0.2, 0) is 24.9 Å². The number of para-hydroxylation sites is 1. The van der Waals surface area contributed by atoms with Crippen LogP contribution in [0.1, 0.15) is 15.4 Å². The van der Waals surface area contributed by atoms with E-state index in [2.05, 4.69) is 26.6 Å². The van der Waals surface area contributed by atoms with Gasteiger partial charge in [0.15, 0.2) is 0 Å². The van der Waals surface area contributed by atoms with Crippen molar-refractivity contribution in [3.05, 3.63) is 58.4 Å². The molecule has 0 unspecified atom stereocenters. The average molecular weight is 367 g/mol. The summed E-state index contributed by atoms with van der Waals surface area (Å²) in [6, 6.07) is 14.3. The molecule has 0 saturated heterocycles. The molecule has 134 valence electrons. The van der Waals surface area contributed by atoms with Crippen LogP contribution in [-0.4, -0.2) is 28.8 Å². The molecule has 26 heavy (non-hydrogen) atoms. The predicted molar refractivity (Wildman–Crippen MR) is 106 cm³/mol. The lowest BCUT2D eigenvalue weighted by molar-refractivity contribution is 0.0940. The molecule has 0 radical (unpaired) electrons. The van der Waals surface area contributed by atoms with Crippen LogP contribution in [0, 0.1) is 0 Å². The second-order valence-electron chi connectivity index (χ2n) is 6.25. The second-order valence-corrected chi connectivity index (χ2v) is 7.28. The van der Waals surface area contributed by atoms with Crippen LogP contribution >= 0.6 is 11.3 Å². The Morgan fingerprint density at radius 3 is 2.81 bits per heavy atom. The van der Waals surface area contributed by atoms with Crippen LogP contribution in [0.3, 0.4) is 0 Å². The van der Waals surface area contributed by atoms with Gasteiger partial charge < -0.3 is 19.2 Å². The lowest BCUT2D eigenvalue weighted by Crippen LogP contribution is -2.25. The monoisotopic (exact) mass is 367 g/mol. The number of hydrogen-bond acceptors (Lipinski definition) is 3. The van der Waals surface area contributed by atoms with E-state index in [4.69, 9.17) is 4.74 Å². The average Bonchev–Trinajstić information content (AvgIpc) is 3.36. The van der Waals surface area contributed by atoms with Gasteiger partial charge in [0.25, 0.3) is 5.91 Å². The number of carbonyl (C=O) groups excluding carboxylic acids is 1. The van der Waals surface area contributed by atoms with Gasteiger partial charge >= 0.3 is 0 Å². The minimum absolute atomic E-state index is 0.0604. The third-order valence-electron chi connectivity index (χ3n) is 4.71. The van der Waals surface area contributed by atoms with Gasteiger partial charge in [-0.15, -0.1) is 11.3 Å². The molecular formula is C20H21N3O2S. The lowest BCUT2D eigenvalue weighted by atomic mass is 10.2. The third-order valence-corrected chi connectivity index (χ3v) is 5.59. The quantitative estimate of drug-likeness (QED) is 0.564.